The van der Waals surface area contributed by atoms with Gasteiger partial charge in [-0.1, -0.05) is 23.2 Å². The van der Waals surface area contributed by atoms with Crippen LogP contribution in [0.4, 0.5) is 22.0 Å². The normalized spacial score (nSPS) is 19.5. The standard InChI is InChI=1S/C14H10Cl2F5N/c15-9-4-7-6-2-1-3-8(13(17,18)14(19,20)21)12(6)22-11(7)5-10(9)16/h4-5,8,22H,1-3H2. The highest BCUT2D eigenvalue weighted by molar-refractivity contribution is 6.42. The summed E-state index contributed by atoms with van der Waals surface area (Å²) in [5.74, 6) is -6.70. The van der Waals surface area contributed by atoms with Gasteiger partial charge in [0.2, 0.25) is 0 Å². The summed E-state index contributed by atoms with van der Waals surface area (Å²) < 4.78 is 65.6. The molecule has 0 fully saturated rings. The van der Waals surface area contributed by atoms with Gasteiger partial charge < -0.3 is 4.98 Å². The smallest absolute Gasteiger partial charge is 0.358 e. The van der Waals surface area contributed by atoms with Crippen LogP contribution in [0.5, 0.6) is 0 Å². The average molecular weight is 358 g/mol. The largest absolute Gasteiger partial charge is 0.453 e. The van der Waals surface area contributed by atoms with Crippen LogP contribution in [0.2, 0.25) is 10.0 Å². The fourth-order valence-corrected chi connectivity index (χ4v) is 3.35. The third-order valence-electron chi connectivity index (χ3n) is 4.06. The lowest BCUT2D eigenvalue weighted by atomic mass is 9.82. The van der Waals surface area contributed by atoms with E-state index in [9.17, 15) is 22.0 Å². The first-order valence-corrected chi connectivity index (χ1v) is 7.32. The summed E-state index contributed by atoms with van der Waals surface area (Å²) in [5.41, 5.74) is 0.819. The maximum absolute atomic E-state index is 13.8. The molecule has 22 heavy (non-hydrogen) atoms. The van der Waals surface area contributed by atoms with Gasteiger partial charge in [0.25, 0.3) is 0 Å². The van der Waals surface area contributed by atoms with Crippen LogP contribution in [0, 0.1) is 0 Å². The third-order valence-corrected chi connectivity index (χ3v) is 4.79. The van der Waals surface area contributed by atoms with E-state index in [4.69, 9.17) is 23.2 Å². The topological polar surface area (TPSA) is 15.8 Å². The molecule has 120 valence electrons. The van der Waals surface area contributed by atoms with Crippen molar-refractivity contribution in [3.8, 4) is 0 Å². The molecule has 0 saturated heterocycles. The number of aromatic amines is 1. The summed E-state index contributed by atoms with van der Waals surface area (Å²) in [6.45, 7) is 0. The van der Waals surface area contributed by atoms with E-state index in [1.807, 2.05) is 0 Å². The van der Waals surface area contributed by atoms with E-state index in [0.29, 0.717) is 22.9 Å². The lowest BCUT2D eigenvalue weighted by molar-refractivity contribution is -0.292. The lowest BCUT2D eigenvalue weighted by Crippen LogP contribution is -2.43. The predicted molar refractivity (Wildman–Crippen MR) is 75.0 cm³/mol. The number of halogens is 7. The van der Waals surface area contributed by atoms with Crippen LogP contribution < -0.4 is 0 Å². The quantitative estimate of drug-likeness (QED) is 0.594. The van der Waals surface area contributed by atoms with Gasteiger partial charge in [-0.15, -0.1) is 0 Å². The molecular weight excluding hydrogens is 348 g/mol. The molecule has 1 nitrogen and oxygen atoms in total. The van der Waals surface area contributed by atoms with Crippen LogP contribution in [0.3, 0.4) is 0 Å². The first-order valence-electron chi connectivity index (χ1n) is 6.57. The van der Waals surface area contributed by atoms with Crippen molar-refractivity contribution < 1.29 is 22.0 Å². The van der Waals surface area contributed by atoms with Crippen molar-refractivity contribution in [3.63, 3.8) is 0 Å². The fraction of sp³-hybridized carbons (Fsp3) is 0.429. The van der Waals surface area contributed by atoms with Crippen molar-refractivity contribution in [2.75, 3.05) is 0 Å². The van der Waals surface area contributed by atoms with Gasteiger partial charge in [0.05, 0.1) is 16.0 Å². The van der Waals surface area contributed by atoms with Gasteiger partial charge in [0.15, 0.2) is 0 Å². The van der Waals surface area contributed by atoms with Crippen molar-refractivity contribution in [1.29, 1.82) is 0 Å². The highest BCUT2D eigenvalue weighted by atomic mass is 35.5. The van der Waals surface area contributed by atoms with E-state index in [1.165, 1.54) is 12.1 Å². The number of hydrogen-bond donors (Lipinski definition) is 1. The van der Waals surface area contributed by atoms with E-state index in [1.54, 1.807) is 0 Å². The molecule has 0 saturated carbocycles. The Labute approximate surface area is 132 Å². The molecule has 0 amide bonds. The molecule has 1 heterocycles. The molecule has 0 bridgehead atoms. The number of H-pyrrole nitrogens is 1. The Kier molecular flexibility index (Phi) is 3.60. The molecule has 1 aliphatic carbocycles. The van der Waals surface area contributed by atoms with Crippen LogP contribution in [-0.2, 0) is 6.42 Å². The minimum Gasteiger partial charge on any atom is -0.358 e. The van der Waals surface area contributed by atoms with Gasteiger partial charge in [0, 0.05) is 16.6 Å². The Bertz CT molecular complexity index is 735. The number of fused-ring (bicyclic) bond motifs is 3. The summed E-state index contributed by atoms with van der Waals surface area (Å²) in [7, 11) is 0. The van der Waals surface area contributed by atoms with E-state index < -0.39 is 18.0 Å². The summed E-state index contributed by atoms with van der Waals surface area (Å²) >= 11 is 11.8. The summed E-state index contributed by atoms with van der Waals surface area (Å²) in [5, 5.41) is 1.000. The highest BCUT2D eigenvalue weighted by Gasteiger charge is 2.63. The van der Waals surface area contributed by atoms with Crippen molar-refractivity contribution in [3.05, 3.63) is 33.4 Å². The first-order chi connectivity index (χ1) is 10.1. The van der Waals surface area contributed by atoms with Crippen LogP contribution in [0.1, 0.15) is 30.0 Å². The number of hydrogen-bond acceptors (Lipinski definition) is 0. The number of aryl methyl sites for hydroxylation is 1. The lowest BCUT2D eigenvalue weighted by Gasteiger charge is -2.31. The SMILES string of the molecule is FC(F)(F)C(F)(F)C1CCCc2c1[nH]c1cc(Cl)c(Cl)cc21. The third kappa shape index (κ3) is 2.27. The molecular formula is C14H10Cl2F5N. The molecule has 1 N–H and O–H groups in total. The zero-order valence-electron chi connectivity index (χ0n) is 11.0. The number of rotatable bonds is 1. The number of benzene rings is 1. The van der Waals surface area contributed by atoms with Crippen LogP contribution >= 0.6 is 23.2 Å². The Morgan fingerprint density at radius 2 is 1.68 bits per heavy atom. The molecule has 2 aromatic rings. The second-order valence-electron chi connectivity index (χ2n) is 5.39. The summed E-state index contributed by atoms with van der Waals surface area (Å²) in [6.07, 6.45) is -5.12. The van der Waals surface area contributed by atoms with E-state index in [-0.39, 0.29) is 28.6 Å². The summed E-state index contributed by atoms with van der Waals surface area (Å²) in [4.78, 5) is 2.69. The van der Waals surface area contributed by atoms with Crippen LogP contribution in [-0.4, -0.2) is 17.1 Å². The Morgan fingerprint density at radius 1 is 1.05 bits per heavy atom. The molecule has 8 heteroatoms. The first kappa shape index (κ1) is 15.9. The molecule has 3 rings (SSSR count). The Balaban J connectivity index is 2.19. The number of nitrogens with one attached hydrogen (secondary N) is 1. The number of alkyl halides is 5. The van der Waals surface area contributed by atoms with Gasteiger partial charge >= 0.3 is 12.1 Å². The highest BCUT2D eigenvalue weighted by Crippen LogP contribution is 2.51. The van der Waals surface area contributed by atoms with Gasteiger partial charge in [-0.25, -0.2) is 0 Å². The second kappa shape index (κ2) is 4.99. The Hall–Kier alpha value is -1.01. The molecule has 0 aliphatic heterocycles. The van der Waals surface area contributed by atoms with Gasteiger partial charge in [-0.2, -0.15) is 22.0 Å². The minimum atomic E-state index is -5.58. The Morgan fingerprint density at radius 3 is 2.32 bits per heavy atom. The van der Waals surface area contributed by atoms with E-state index in [2.05, 4.69) is 4.98 Å². The average Bonchev–Trinajstić information content (AvgIpc) is 2.75. The maximum Gasteiger partial charge on any atom is 0.453 e. The monoisotopic (exact) mass is 357 g/mol. The van der Waals surface area contributed by atoms with Gasteiger partial charge in [-0.05, 0) is 37.0 Å². The molecule has 1 aliphatic rings. The van der Waals surface area contributed by atoms with Crippen molar-refractivity contribution in [2.24, 2.45) is 0 Å². The maximum atomic E-state index is 13.8. The molecule has 0 radical (unpaired) electrons. The van der Waals surface area contributed by atoms with E-state index in [0.717, 1.165) is 0 Å². The second-order valence-corrected chi connectivity index (χ2v) is 6.21. The van der Waals surface area contributed by atoms with Crippen LogP contribution in [0.25, 0.3) is 10.9 Å². The predicted octanol–water partition coefficient (Wildman–Crippen LogP) is 6.09. The zero-order valence-corrected chi connectivity index (χ0v) is 12.5. The molecule has 1 atom stereocenters. The van der Waals surface area contributed by atoms with Gasteiger partial charge in [-0.3, -0.25) is 0 Å². The molecule has 1 aromatic heterocycles. The number of aromatic nitrogens is 1. The van der Waals surface area contributed by atoms with Crippen LogP contribution in [0.15, 0.2) is 12.1 Å². The zero-order chi connectivity index (χ0) is 16.3. The fourth-order valence-electron chi connectivity index (χ4n) is 3.02. The van der Waals surface area contributed by atoms with Crippen molar-refractivity contribution in [2.45, 2.75) is 37.3 Å². The van der Waals surface area contributed by atoms with Crippen molar-refractivity contribution >= 4 is 34.1 Å². The van der Waals surface area contributed by atoms with Crippen molar-refractivity contribution in [1.82, 2.24) is 4.98 Å². The molecule has 1 unspecified atom stereocenters. The van der Waals surface area contributed by atoms with E-state index >= 15 is 0 Å². The minimum absolute atomic E-state index is 0.0677. The molecule has 1 aromatic carbocycles. The van der Waals surface area contributed by atoms with Gasteiger partial charge in [0.1, 0.15) is 0 Å². The summed E-state index contributed by atoms with van der Waals surface area (Å²) in [6, 6.07) is 2.95. The molecule has 0 spiro atoms.